The summed E-state index contributed by atoms with van der Waals surface area (Å²) in [6, 6.07) is 7.90. The summed E-state index contributed by atoms with van der Waals surface area (Å²) in [7, 11) is 0. The number of aryl methyl sites for hydroxylation is 1. The number of rotatable bonds is 2. The molecule has 0 amide bonds. The summed E-state index contributed by atoms with van der Waals surface area (Å²) < 4.78 is 2.77. The molecule has 14 heavy (non-hydrogen) atoms. The quantitative estimate of drug-likeness (QED) is 0.823. The van der Waals surface area contributed by atoms with Crippen LogP contribution in [0.5, 0.6) is 0 Å². The number of hydrogen-bond donors (Lipinski definition) is 0. The predicted octanol–water partition coefficient (Wildman–Crippen LogP) is 2.12. The molecule has 2 aromatic rings. The second kappa shape index (κ2) is 3.88. The zero-order chi connectivity index (χ0) is 9.97. The second-order valence-electron chi connectivity index (χ2n) is 2.80. The van der Waals surface area contributed by atoms with E-state index in [1.807, 2.05) is 31.2 Å². The van der Waals surface area contributed by atoms with Gasteiger partial charge >= 0.3 is 0 Å². The van der Waals surface area contributed by atoms with Crippen molar-refractivity contribution in [3.8, 4) is 11.4 Å². The van der Waals surface area contributed by atoms with E-state index in [-0.39, 0.29) is 0 Å². The molecule has 0 aliphatic rings. The largest absolute Gasteiger partial charge is 0.226 e. The summed E-state index contributed by atoms with van der Waals surface area (Å²) in [5.41, 5.74) is 1.01. The van der Waals surface area contributed by atoms with Gasteiger partial charge in [0.2, 0.25) is 0 Å². The number of halogens is 1. The monoisotopic (exact) mass is 252 g/mol. The van der Waals surface area contributed by atoms with Gasteiger partial charge in [0.25, 0.3) is 0 Å². The van der Waals surface area contributed by atoms with Crippen LogP contribution in [0.25, 0.3) is 11.4 Å². The Morgan fingerprint density at radius 3 is 2.86 bits per heavy atom. The minimum absolute atomic E-state index is 0.768. The van der Waals surface area contributed by atoms with Crippen LogP contribution in [-0.4, -0.2) is 20.2 Å². The maximum atomic E-state index is 3.99. The first-order chi connectivity index (χ1) is 6.83. The van der Waals surface area contributed by atoms with Crippen LogP contribution in [0.4, 0.5) is 0 Å². The van der Waals surface area contributed by atoms with Gasteiger partial charge in [-0.25, -0.2) is 4.68 Å². The highest BCUT2D eigenvalue weighted by Gasteiger charge is 2.09. The number of nitrogens with zero attached hydrogens (tertiary/aromatic N) is 4. The van der Waals surface area contributed by atoms with E-state index >= 15 is 0 Å². The van der Waals surface area contributed by atoms with E-state index in [2.05, 4.69) is 31.5 Å². The Hall–Kier alpha value is -1.23. The van der Waals surface area contributed by atoms with Crippen molar-refractivity contribution < 1.29 is 0 Å². The van der Waals surface area contributed by atoms with Crippen LogP contribution >= 0.6 is 15.9 Å². The molecule has 0 saturated carbocycles. The molecule has 0 aliphatic carbocycles. The van der Waals surface area contributed by atoms with Gasteiger partial charge in [-0.3, -0.25) is 0 Å². The summed E-state index contributed by atoms with van der Waals surface area (Å²) in [5.74, 6) is 0.792. The normalized spacial score (nSPS) is 10.4. The van der Waals surface area contributed by atoms with Crippen molar-refractivity contribution in [3.63, 3.8) is 0 Å². The molecule has 0 bridgehead atoms. The van der Waals surface area contributed by atoms with E-state index in [1.165, 1.54) is 0 Å². The molecule has 0 unspecified atom stereocenters. The van der Waals surface area contributed by atoms with E-state index in [4.69, 9.17) is 0 Å². The van der Waals surface area contributed by atoms with Crippen molar-refractivity contribution >= 4 is 15.9 Å². The lowest BCUT2D eigenvalue weighted by Crippen LogP contribution is -1.99. The smallest absolute Gasteiger partial charge is 0.183 e. The third-order valence-electron chi connectivity index (χ3n) is 1.95. The Balaban J connectivity index is 2.54. The minimum Gasteiger partial charge on any atom is -0.226 e. The van der Waals surface area contributed by atoms with Crippen LogP contribution < -0.4 is 0 Å². The average molecular weight is 253 g/mol. The highest BCUT2D eigenvalue weighted by molar-refractivity contribution is 9.10. The second-order valence-corrected chi connectivity index (χ2v) is 3.65. The number of hydrogen-bond acceptors (Lipinski definition) is 3. The Kier molecular flexibility index (Phi) is 2.58. The molecule has 1 aromatic heterocycles. The molecule has 72 valence electrons. The Bertz CT molecular complexity index is 438. The zero-order valence-corrected chi connectivity index (χ0v) is 9.27. The van der Waals surface area contributed by atoms with E-state index < -0.39 is 0 Å². The standard InChI is InChI=1S/C9H9BrN4/c1-2-14-9(11-12-13-14)7-5-3-4-6-8(7)10/h3-6H,2H2,1H3. The van der Waals surface area contributed by atoms with Gasteiger partial charge in [-0.15, -0.1) is 5.10 Å². The van der Waals surface area contributed by atoms with Crippen molar-refractivity contribution in [2.45, 2.75) is 13.5 Å². The Morgan fingerprint density at radius 1 is 1.36 bits per heavy atom. The van der Waals surface area contributed by atoms with Crippen LogP contribution in [0.3, 0.4) is 0 Å². The minimum atomic E-state index is 0.768. The molecule has 1 aromatic carbocycles. The molecule has 5 heteroatoms. The summed E-state index contributed by atoms with van der Waals surface area (Å²) in [6.45, 7) is 2.78. The lowest BCUT2D eigenvalue weighted by Gasteiger charge is -2.02. The van der Waals surface area contributed by atoms with Gasteiger partial charge in [0, 0.05) is 16.6 Å². The summed E-state index contributed by atoms with van der Waals surface area (Å²) in [5, 5.41) is 11.5. The fourth-order valence-electron chi connectivity index (χ4n) is 1.25. The molecule has 4 nitrogen and oxygen atoms in total. The van der Waals surface area contributed by atoms with E-state index in [1.54, 1.807) is 4.68 Å². The van der Waals surface area contributed by atoms with Gasteiger partial charge in [-0.2, -0.15) is 0 Å². The van der Waals surface area contributed by atoms with Crippen molar-refractivity contribution in [1.82, 2.24) is 20.2 Å². The van der Waals surface area contributed by atoms with Crippen molar-refractivity contribution in [2.75, 3.05) is 0 Å². The van der Waals surface area contributed by atoms with Gasteiger partial charge in [0.15, 0.2) is 5.82 Å². The van der Waals surface area contributed by atoms with Crippen LogP contribution in [0.2, 0.25) is 0 Å². The van der Waals surface area contributed by atoms with Crippen LogP contribution in [-0.2, 0) is 6.54 Å². The lowest BCUT2D eigenvalue weighted by atomic mass is 10.2. The van der Waals surface area contributed by atoms with E-state index in [0.717, 1.165) is 22.4 Å². The molecule has 0 radical (unpaired) electrons. The lowest BCUT2D eigenvalue weighted by molar-refractivity contribution is 0.631. The average Bonchev–Trinajstić information content (AvgIpc) is 2.66. The number of aromatic nitrogens is 4. The predicted molar refractivity (Wildman–Crippen MR) is 56.6 cm³/mol. The molecule has 0 atom stereocenters. The van der Waals surface area contributed by atoms with Gasteiger partial charge in [-0.1, -0.05) is 28.1 Å². The third kappa shape index (κ3) is 1.55. The maximum Gasteiger partial charge on any atom is 0.183 e. The molecule has 0 N–H and O–H groups in total. The first kappa shape index (κ1) is 9.33. The number of tetrazole rings is 1. The number of benzene rings is 1. The van der Waals surface area contributed by atoms with Gasteiger partial charge in [0.1, 0.15) is 0 Å². The Labute approximate surface area is 90.1 Å². The molecule has 0 aliphatic heterocycles. The highest BCUT2D eigenvalue weighted by atomic mass is 79.9. The first-order valence-corrected chi connectivity index (χ1v) is 5.13. The topological polar surface area (TPSA) is 43.6 Å². The SMILES string of the molecule is CCn1nnnc1-c1ccccc1Br. The van der Waals surface area contributed by atoms with E-state index in [0.29, 0.717) is 0 Å². The third-order valence-corrected chi connectivity index (χ3v) is 2.64. The summed E-state index contributed by atoms with van der Waals surface area (Å²) in [4.78, 5) is 0. The molecule has 0 fully saturated rings. The fourth-order valence-corrected chi connectivity index (χ4v) is 1.72. The van der Waals surface area contributed by atoms with Crippen molar-refractivity contribution in [1.29, 1.82) is 0 Å². The summed E-state index contributed by atoms with van der Waals surface area (Å²) >= 11 is 3.47. The molecular weight excluding hydrogens is 244 g/mol. The van der Waals surface area contributed by atoms with Crippen molar-refractivity contribution in [2.24, 2.45) is 0 Å². The van der Waals surface area contributed by atoms with Crippen molar-refractivity contribution in [3.05, 3.63) is 28.7 Å². The van der Waals surface area contributed by atoms with Crippen LogP contribution in [0, 0.1) is 0 Å². The highest BCUT2D eigenvalue weighted by Crippen LogP contribution is 2.25. The molecular formula is C9H9BrN4. The van der Waals surface area contributed by atoms with Crippen LogP contribution in [0.15, 0.2) is 28.7 Å². The summed E-state index contributed by atoms with van der Waals surface area (Å²) in [6.07, 6.45) is 0. The molecule has 0 spiro atoms. The Morgan fingerprint density at radius 2 is 2.14 bits per heavy atom. The van der Waals surface area contributed by atoms with Gasteiger partial charge in [-0.05, 0) is 29.5 Å². The van der Waals surface area contributed by atoms with Gasteiger partial charge < -0.3 is 0 Å². The van der Waals surface area contributed by atoms with E-state index in [9.17, 15) is 0 Å². The van der Waals surface area contributed by atoms with Crippen LogP contribution in [0.1, 0.15) is 6.92 Å². The molecule has 2 rings (SSSR count). The first-order valence-electron chi connectivity index (χ1n) is 4.34. The zero-order valence-electron chi connectivity index (χ0n) is 7.68. The molecule has 1 heterocycles. The molecule has 0 saturated heterocycles. The van der Waals surface area contributed by atoms with Gasteiger partial charge in [0.05, 0.1) is 0 Å². The maximum absolute atomic E-state index is 3.99. The fraction of sp³-hybridized carbons (Fsp3) is 0.222.